The highest BCUT2D eigenvalue weighted by atomic mass is 16.5. The minimum Gasteiger partial charge on any atom is -0.339 e. The summed E-state index contributed by atoms with van der Waals surface area (Å²) in [6.45, 7) is 0.398. The van der Waals surface area contributed by atoms with E-state index in [9.17, 15) is 4.79 Å². The summed E-state index contributed by atoms with van der Waals surface area (Å²) in [6, 6.07) is 0.408. The Bertz CT molecular complexity index is 631. The van der Waals surface area contributed by atoms with Crippen molar-refractivity contribution in [3.63, 3.8) is 0 Å². The number of rotatable bonds is 4. The van der Waals surface area contributed by atoms with Gasteiger partial charge in [0, 0.05) is 24.4 Å². The van der Waals surface area contributed by atoms with Gasteiger partial charge in [-0.15, -0.1) is 0 Å². The fourth-order valence-corrected chi connectivity index (χ4v) is 2.16. The van der Waals surface area contributed by atoms with Gasteiger partial charge < -0.3 is 4.52 Å². The zero-order chi connectivity index (χ0) is 12.1. The third-order valence-corrected chi connectivity index (χ3v) is 3.54. The smallest absolute Gasteiger partial charge is 0.328 e. The molecular weight excluding hydrogens is 232 g/mol. The fourth-order valence-electron chi connectivity index (χ4n) is 2.16. The van der Waals surface area contributed by atoms with Crippen LogP contribution >= 0.6 is 0 Å². The lowest BCUT2D eigenvalue weighted by Gasteiger charge is -1.96. The first kappa shape index (κ1) is 10.1. The van der Waals surface area contributed by atoms with Crippen LogP contribution in [0.15, 0.2) is 21.7 Å². The summed E-state index contributed by atoms with van der Waals surface area (Å²) in [4.78, 5) is 16.4. The van der Waals surface area contributed by atoms with Crippen LogP contribution in [0.2, 0.25) is 0 Å². The van der Waals surface area contributed by atoms with E-state index in [-0.39, 0.29) is 5.69 Å². The molecule has 0 saturated heterocycles. The van der Waals surface area contributed by atoms with Crippen LogP contribution in [0.3, 0.4) is 0 Å². The van der Waals surface area contributed by atoms with Gasteiger partial charge in [0.2, 0.25) is 5.89 Å². The average molecular weight is 246 g/mol. The second-order valence-electron chi connectivity index (χ2n) is 5.17. The highest BCUT2D eigenvalue weighted by Gasteiger charge is 2.30. The van der Waals surface area contributed by atoms with Gasteiger partial charge >= 0.3 is 5.69 Å². The Morgan fingerprint density at radius 2 is 2.11 bits per heavy atom. The topological polar surface area (TPSA) is 65.8 Å². The van der Waals surface area contributed by atoms with E-state index in [1.54, 1.807) is 15.3 Å². The second-order valence-corrected chi connectivity index (χ2v) is 5.17. The van der Waals surface area contributed by atoms with Crippen LogP contribution in [0, 0.1) is 0 Å². The molecule has 6 nitrogen and oxygen atoms in total. The highest BCUT2D eigenvalue weighted by molar-refractivity contribution is 5.02. The maximum Gasteiger partial charge on any atom is 0.328 e. The Balaban J connectivity index is 1.57. The molecule has 0 amide bonds. The van der Waals surface area contributed by atoms with Gasteiger partial charge in [0.25, 0.3) is 0 Å². The van der Waals surface area contributed by atoms with Crippen molar-refractivity contribution in [2.75, 3.05) is 0 Å². The molecule has 0 bridgehead atoms. The van der Waals surface area contributed by atoms with Crippen LogP contribution in [0.1, 0.15) is 49.4 Å². The van der Waals surface area contributed by atoms with Crippen molar-refractivity contribution in [3.8, 4) is 0 Å². The molecule has 2 saturated carbocycles. The van der Waals surface area contributed by atoms with E-state index in [4.69, 9.17) is 4.52 Å². The molecule has 0 N–H and O–H groups in total. The normalized spacial score (nSPS) is 19.3. The second kappa shape index (κ2) is 3.57. The zero-order valence-corrected chi connectivity index (χ0v) is 9.95. The SMILES string of the molecule is O=c1n(Cc2noc(C3CC3)n2)ccn1C1CC1. The highest BCUT2D eigenvalue weighted by Crippen LogP contribution is 2.38. The number of imidazole rings is 1. The predicted octanol–water partition coefficient (Wildman–Crippen LogP) is 1.29. The van der Waals surface area contributed by atoms with Crippen molar-refractivity contribution in [2.24, 2.45) is 0 Å². The van der Waals surface area contributed by atoms with Gasteiger partial charge in [-0.3, -0.25) is 9.13 Å². The van der Waals surface area contributed by atoms with Crippen LogP contribution in [-0.2, 0) is 6.54 Å². The third-order valence-electron chi connectivity index (χ3n) is 3.54. The molecule has 0 radical (unpaired) electrons. The lowest BCUT2D eigenvalue weighted by atomic mass is 10.4. The van der Waals surface area contributed by atoms with E-state index in [0.717, 1.165) is 31.6 Å². The summed E-state index contributed by atoms with van der Waals surface area (Å²) >= 11 is 0. The van der Waals surface area contributed by atoms with Crippen molar-refractivity contribution in [1.29, 1.82) is 0 Å². The molecule has 0 aliphatic heterocycles. The van der Waals surface area contributed by atoms with Gasteiger partial charge in [-0.2, -0.15) is 4.98 Å². The Kier molecular flexibility index (Phi) is 2.00. The minimum atomic E-state index is 0.0234. The summed E-state index contributed by atoms with van der Waals surface area (Å²) in [5, 5.41) is 3.93. The standard InChI is InChI=1S/C12H14N4O2/c17-12-15(5-6-16(12)9-3-4-9)7-10-13-11(18-14-10)8-1-2-8/h5-6,8-9H,1-4,7H2. The molecule has 6 heteroatoms. The molecule has 18 heavy (non-hydrogen) atoms. The van der Waals surface area contributed by atoms with Crippen LogP contribution in [0.5, 0.6) is 0 Å². The lowest BCUT2D eigenvalue weighted by Crippen LogP contribution is -2.24. The van der Waals surface area contributed by atoms with Crippen molar-refractivity contribution < 1.29 is 4.52 Å². The van der Waals surface area contributed by atoms with E-state index in [2.05, 4.69) is 10.1 Å². The maximum absolute atomic E-state index is 12.0. The first-order valence-corrected chi connectivity index (χ1v) is 6.41. The van der Waals surface area contributed by atoms with Crippen LogP contribution in [-0.4, -0.2) is 19.3 Å². The molecule has 2 fully saturated rings. The first-order chi connectivity index (χ1) is 8.81. The number of hydrogen-bond acceptors (Lipinski definition) is 4. The molecule has 0 spiro atoms. The summed E-state index contributed by atoms with van der Waals surface area (Å²) in [5.74, 6) is 1.77. The first-order valence-electron chi connectivity index (χ1n) is 6.41. The quantitative estimate of drug-likeness (QED) is 0.815. The molecule has 2 aliphatic carbocycles. The predicted molar refractivity (Wildman–Crippen MR) is 62.3 cm³/mol. The van der Waals surface area contributed by atoms with Crippen molar-refractivity contribution in [1.82, 2.24) is 19.3 Å². The van der Waals surface area contributed by atoms with Gasteiger partial charge in [-0.05, 0) is 25.7 Å². The summed E-state index contributed by atoms with van der Waals surface area (Å²) in [7, 11) is 0. The molecule has 2 aromatic heterocycles. The number of nitrogens with zero attached hydrogens (tertiary/aromatic N) is 4. The van der Waals surface area contributed by atoms with E-state index in [0.29, 0.717) is 24.3 Å². The molecular formula is C12H14N4O2. The van der Waals surface area contributed by atoms with Gasteiger partial charge in [-0.1, -0.05) is 5.16 Å². The monoisotopic (exact) mass is 246 g/mol. The molecule has 94 valence electrons. The van der Waals surface area contributed by atoms with Crippen molar-refractivity contribution in [2.45, 2.75) is 44.2 Å². The van der Waals surface area contributed by atoms with Gasteiger partial charge in [-0.25, -0.2) is 4.79 Å². The largest absolute Gasteiger partial charge is 0.339 e. The van der Waals surface area contributed by atoms with Gasteiger partial charge in [0.15, 0.2) is 5.82 Å². The van der Waals surface area contributed by atoms with E-state index in [1.807, 2.05) is 6.20 Å². The summed E-state index contributed by atoms with van der Waals surface area (Å²) in [5.41, 5.74) is 0.0234. The molecule has 2 aromatic rings. The van der Waals surface area contributed by atoms with Gasteiger partial charge in [0.1, 0.15) is 0 Å². The van der Waals surface area contributed by atoms with Crippen LogP contribution in [0.4, 0.5) is 0 Å². The zero-order valence-electron chi connectivity index (χ0n) is 9.95. The summed E-state index contributed by atoms with van der Waals surface area (Å²) < 4.78 is 8.62. The molecule has 0 aromatic carbocycles. The fraction of sp³-hybridized carbons (Fsp3) is 0.583. The molecule has 4 rings (SSSR count). The number of aromatic nitrogens is 4. The Morgan fingerprint density at radius 3 is 2.83 bits per heavy atom. The molecule has 0 atom stereocenters. The van der Waals surface area contributed by atoms with Crippen molar-refractivity contribution >= 4 is 0 Å². The van der Waals surface area contributed by atoms with Crippen molar-refractivity contribution in [3.05, 3.63) is 34.6 Å². The van der Waals surface area contributed by atoms with Gasteiger partial charge in [0.05, 0.1) is 6.54 Å². The molecule has 2 heterocycles. The van der Waals surface area contributed by atoms with E-state index < -0.39 is 0 Å². The van der Waals surface area contributed by atoms with Crippen LogP contribution < -0.4 is 5.69 Å². The van der Waals surface area contributed by atoms with E-state index in [1.165, 1.54) is 0 Å². The number of hydrogen-bond donors (Lipinski definition) is 0. The summed E-state index contributed by atoms with van der Waals surface area (Å²) in [6.07, 6.45) is 8.14. The maximum atomic E-state index is 12.0. The minimum absolute atomic E-state index is 0.0234. The Labute approximate surface area is 103 Å². The lowest BCUT2D eigenvalue weighted by molar-refractivity contribution is 0.372. The molecule has 2 aliphatic rings. The molecule has 0 unspecified atom stereocenters. The Hall–Kier alpha value is -1.85. The third kappa shape index (κ3) is 1.68. The van der Waals surface area contributed by atoms with Crippen LogP contribution in [0.25, 0.3) is 0 Å². The van der Waals surface area contributed by atoms with E-state index >= 15 is 0 Å². The average Bonchev–Trinajstić information content (AvgIpc) is 3.29. The Morgan fingerprint density at radius 1 is 1.28 bits per heavy atom.